The van der Waals surface area contributed by atoms with Gasteiger partial charge in [0.1, 0.15) is 25.9 Å². The third-order valence-corrected chi connectivity index (χ3v) is 1.07. The molecule has 0 spiro atoms. The molecule has 0 fully saturated rings. The van der Waals surface area contributed by atoms with Gasteiger partial charge in [0.25, 0.3) is 0 Å². The van der Waals surface area contributed by atoms with Gasteiger partial charge in [0.15, 0.2) is 0 Å². The van der Waals surface area contributed by atoms with Gasteiger partial charge < -0.3 is 19.7 Å². The molecule has 0 saturated heterocycles. The first-order valence-electron chi connectivity index (χ1n) is 3.67. The van der Waals surface area contributed by atoms with E-state index in [1.807, 2.05) is 0 Å². The number of aliphatic hydroxyl groups excluding tert-OH is 2. The van der Waals surface area contributed by atoms with Gasteiger partial charge in [0, 0.05) is 0 Å². The number of hydrogen-bond donors (Lipinski definition) is 2. The molecule has 0 aromatic carbocycles. The Morgan fingerprint density at radius 1 is 1.21 bits per heavy atom. The molecule has 1 atom stereocenters. The maximum absolute atomic E-state index is 10.5. The molecule has 0 aromatic rings. The third-order valence-electron chi connectivity index (χ3n) is 1.07. The van der Waals surface area contributed by atoms with E-state index < -0.39 is 31.3 Å². The van der Waals surface area contributed by atoms with E-state index in [1.54, 1.807) is 0 Å². The molecule has 0 bridgehead atoms. The van der Waals surface area contributed by atoms with Crippen molar-refractivity contribution in [3.8, 4) is 0 Å². The van der Waals surface area contributed by atoms with E-state index >= 15 is 0 Å². The molecule has 7 heteroatoms. The number of carbonyl (C=O) groups excluding carboxylic acids is 2. The van der Waals surface area contributed by atoms with Crippen molar-refractivity contribution in [1.82, 2.24) is 0 Å². The van der Waals surface area contributed by atoms with Gasteiger partial charge in [-0.05, 0) is 6.92 Å². The molecule has 0 saturated carbocycles. The number of esters is 2. The average Bonchev–Trinajstić information content (AvgIpc) is 2.13. The van der Waals surface area contributed by atoms with Gasteiger partial charge >= 0.3 is 41.5 Å². The van der Waals surface area contributed by atoms with Crippen LogP contribution in [0.5, 0.6) is 0 Å². The topological polar surface area (TPSA) is 93.1 Å². The average molecular weight is 216 g/mol. The molecule has 0 aliphatic heterocycles. The van der Waals surface area contributed by atoms with E-state index in [1.165, 1.54) is 6.92 Å². The van der Waals surface area contributed by atoms with Crippen LogP contribution in [0.25, 0.3) is 0 Å². The van der Waals surface area contributed by atoms with Crippen LogP contribution >= 0.6 is 0 Å². The molecule has 78 valence electrons. The second-order valence-corrected chi connectivity index (χ2v) is 2.30. The standard InChI is InChI=1S/C7H12O6.Na.H/c1-5(13-7(11)3-9)4-12-6(10)2-8;;/h5,8-9H,2-4H2,1H3;;. The normalized spacial score (nSPS) is 11.1. The van der Waals surface area contributed by atoms with Crippen LogP contribution in [-0.4, -0.2) is 77.6 Å². The fourth-order valence-corrected chi connectivity index (χ4v) is 0.552. The minimum atomic E-state index is -0.785. The monoisotopic (exact) mass is 216 g/mol. The van der Waals surface area contributed by atoms with E-state index in [9.17, 15) is 9.59 Å². The summed E-state index contributed by atoms with van der Waals surface area (Å²) >= 11 is 0. The van der Waals surface area contributed by atoms with Gasteiger partial charge in [0.05, 0.1) is 0 Å². The van der Waals surface area contributed by atoms with Crippen LogP contribution in [0.1, 0.15) is 6.92 Å². The zero-order valence-corrected chi connectivity index (χ0v) is 7.23. The number of ether oxygens (including phenoxy) is 2. The fourth-order valence-electron chi connectivity index (χ4n) is 0.552. The molecule has 0 rings (SSSR count). The maximum atomic E-state index is 10.5. The van der Waals surface area contributed by atoms with Crippen LogP contribution in [0.3, 0.4) is 0 Å². The zero-order valence-electron chi connectivity index (χ0n) is 7.23. The zero-order chi connectivity index (χ0) is 10.3. The summed E-state index contributed by atoms with van der Waals surface area (Å²) < 4.78 is 9.00. The van der Waals surface area contributed by atoms with Crippen LogP contribution in [0.4, 0.5) is 0 Å². The fraction of sp³-hybridized carbons (Fsp3) is 0.714. The van der Waals surface area contributed by atoms with Gasteiger partial charge in [-0.25, -0.2) is 9.59 Å². The van der Waals surface area contributed by atoms with Gasteiger partial charge in [-0.15, -0.1) is 0 Å². The molecular formula is C7H13NaO6. The first-order valence-corrected chi connectivity index (χ1v) is 3.67. The molecule has 6 nitrogen and oxygen atoms in total. The predicted molar refractivity (Wildman–Crippen MR) is 47.8 cm³/mol. The van der Waals surface area contributed by atoms with Crippen molar-refractivity contribution < 1.29 is 29.3 Å². The van der Waals surface area contributed by atoms with E-state index in [4.69, 9.17) is 10.2 Å². The Morgan fingerprint density at radius 3 is 2.14 bits per heavy atom. The summed E-state index contributed by atoms with van der Waals surface area (Å²) in [6.07, 6.45) is -0.629. The van der Waals surface area contributed by atoms with Gasteiger partial charge in [-0.2, -0.15) is 0 Å². The quantitative estimate of drug-likeness (QED) is 0.400. The van der Waals surface area contributed by atoms with E-state index in [2.05, 4.69) is 9.47 Å². The Bertz CT molecular complexity index is 183. The molecule has 0 heterocycles. The summed E-state index contributed by atoms with van der Waals surface area (Å²) in [6.45, 7) is -0.0533. The second-order valence-electron chi connectivity index (χ2n) is 2.30. The van der Waals surface area contributed by atoms with Crippen molar-refractivity contribution in [2.75, 3.05) is 19.8 Å². The SMILES string of the molecule is CC(COC(=O)CO)OC(=O)CO.[NaH]. The Balaban J connectivity index is 0. The molecule has 0 aliphatic carbocycles. The Hall–Kier alpha value is -0.140. The van der Waals surface area contributed by atoms with Crippen molar-refractivity contribution >= 4 is 41.5 Å². The Labute approximate surface area is 103 Å². The molecular weight excluding hydrogens is 203 g/mol. The van der Waals surface area contributed by atoms with Gasteiger partial charge in [0.2, 0.25) is 0 Å². The summed E-state index contributed by atoms with van der Waals surface area (Å²) in [4.78, 5) is 20.9. The Kier molecular flexibility index (Phi) is 11.0. The molecule has 0 radical (unpaired) electrons. The van der Waals surface area contributed by atoms with Crippen LogP contribution in [0.15, 0.2) is 0 Å². The van der Waals surface area contributed by atoms with Crippen LogP contribution in [0, 0.1) is 0 Å². The summed E-state index contributed by atoms with van der Waals surface area (Å²) in [5.41, 5.74) is 0. The summed E-state index contributed by atoms with van der Waals surface area (Å²) in [5.74, 6) is -1.57. The number of carbonyl (C=O) groups is 2. The van der Waals surface area contributed by atoms with E-state index in [-0.39, 0.29) is 36.2 Å². The molecule has 2 N–H and O–H groups in total. The van der Waals surface area contributed by atoms with Gasteiger partial charge in [-0.3, -0.25) is 0 Å². The minimum absolute atomic E-state index is 0. The summed E-state index contributed by atoms with van der Waals surface area (Å²) in [7, 11) is 0. The number of aliphatic hydroxyl groups is 2. The van der Waals surface area contributed by atoms with E-state index in [0.717, 1.165) is 0 Å². The second kappa shape index (κ2) is 9.42. The number of hydrogen-bond acceptors (Lipinski definition) is 6. The van der Waals surface area contributed by atoms with Crippen molar-refractivity contribution in [3.63, 3.8) is 0 Å². The molecule has 0 aromatic heterocycles. The first kappa shape index (κ1) is 16.3. The molecule has 1 unspecified atom stereocenters. The first-order chi connectivity index (χ1) is 6.10. The third kappa shape index (κ3) is 8.46. The molecule has 0 aliphatic rings. The molecule has 14 heavy (non-hydrogen) atoms. The van der Waals surface area contributed by atoms with E-state index in [0.29, 0.717) is 0 Å². The van der Waals surface area contributed by atoms with Crippen molar-refractivity contribution in [1.29, 1.82) is 0 Å². The summed E-state index contributed by atoms with van der Waals surface area (Å²) in [5, 5.41) is 16.5. The van der Waals surface area contributed by atoms with Crippen LogP contribution in [0.2, 0.25) is 0 Å². The van der Waals surface area contributed by atoms with Crippen molar-refractivity contribution in [2.45, 2.75) is 13.0 Å². The molecule has 0 amide bonds. The predicted octanol–water partition coefficient (Wildman–Crippen LogP) is -2.20. The van der Waals surface area contributed by atoms with Crippen molar-refractivity contribution in [2.24, 2.45) is 0 Å². The van der Waals surface area contributed by atoms with Gasteiger partial charge in [-0.1, -0.05) is 0 Å². The summed E-state index contributed by atoms with van der Waals surface area (Å²) in [6, 6.07) is 0. The number of rotatable bonds is 5. The Morgan fingerprint density at radius 2 is 1.71 bits per heavy atom. The van der Waals surface area contributed by atoms with Crippen molar-refractivity contribution in [3.05, 3.63) is 0 Å². The van der Waals surface area contributed by atoms with Crippen LogP contribution < -0.4 is 0 Å². The van der Waals surface area contributed by atoms with Crippen LogP contribution in [-0.2, 0) is 19.1 Å².